The maximum absolute atomic E-state index is 11.0. The van der Waals surface area contributed by atoms with Crippen LogP contribution in [0.3, 0.4) is 0 Å². The average molecular weight is 297 g/mol. The molecule has 19 heavy (non-hydrogen) atoms. The van der Waals surface area contributed by atoms with Crippen molar-refractivity contribution in [1.29, 1.82) is 0 Å². The number of aldehydes is 1. The van der Waals surface area contributed by atoms with Gasteiger partial charge in [0, 0.05) is 19.5 Å². The van der Waals surface area contributed by atoms with Gasteiger partial charge in [-0.2, -0.15) is 0 Å². The predicted octanol–water partition coefficient (Wildman–Crippen LogP) is 2.50. The van der Waals surface area contributed by atoms with Crippen molar-refractivity contribution in [2.45, 2.75) is 20.1 Å². The van der Waals surface area contributed by atoms with E-state index in [2.05, 4.69) is 9.97 Å². The number of carbonyl (C=O) groups excluding carboxylic acids is 1. The normalized spacial score (nSPS) is 10.7. The fourth-order valence-electron chi connectivity index (χ4n) is 1.64. The van der Waals surface area contributed by atoms with Crippen molar-refractivity contribution < 1.29 is 9.53 Å². The number of rotatable bonds is 6. The van der Waals surface area contributed by atoms with Gasteiger partial charge in [-0.1, -0.05) is 11.3 Å². The molecule has 2 aromatic rings. The molecule has 0 bridgehead atoms. The lowest BCUT2D eigenvalue weighted by Crippen LogP contribution is -2.16. The Balaban J connectivity index is 2.14. The van der Waals surface area contributed by atoms with Crippen molar-refractivity contribution in [2.75, 3.05) is 19.1 Å². The fourth-order valence-corrected chi connectivity index (χ4v) is 3.08. The van der Waals surface area contributed by atoms with E-state index in [0.717, 1.165) is 22.1 Å². The number of hydrogen-bond acceptors (Lipinski definition) is 7. The van der Waals surface area contributed by atoms with Crippen LogP contribution in [0, 0.1) is 6.92 Å². The van der Waals surface area contributed by atoms with Crippen LogP contribution in [-0.4, -0.2) is 30.4 Å². The molecule has 0 aliphatic carbocycles. The fraction of sp³-hybridized carbons (Fsp3) is 0.417. The van der Waals surface area contributed by atoms with Gasteiger partial charge in [0.25, 0.3) is 0 Å². The third-order valence-electron chi connectivity index (χ3n) is 2.50. The molecule has 0 atom stereocenters. The highest BCUT2D eigenvalue weighted by Crippen LogP contribution is 2.26. The van der Waals surface area contributed by atoms with E-state index in [1.54, 1.807) is 18.4 Å². The summed E-state index contributed by atoms with van der Waals surface area (Å²) in [5.41, 5.74) is 1.71. The van der Waals surface area contributed by atoms with E-state index in [0.29, 0.717) is 23.7 Å². The van der Waals surface area contributed by atoms with Gasteiger partial charge in [-0.05, 0) is 6.92 Å². The Morgan fingerprint density at radius 1 is 1.47 bits per heavy atom. The molecule has 0 aliphatic heterocycles. The summed E-state index contributed by atoms with van der Waals surface area (Å²) in [5.74, 6) is 0. The van der Waals surface area contributed by atoms with Crippen molar-refractivity contribution in [3.8, 4) is 0 Å². The number of nitrogens with zero attached hydrogens (tertiary/aromatic N) is 3. The zero-order chi connectivity index (χ0) is 13.8. The second-order valence-electron chi connectivity index (χ2n) is 4.07. The maximum Gasteiger partial charge on any atom is 0.186 e. The first kappa shape index (κ1) is 14.1. The highest BCUT2D eigenvalue weighted by molar-refractivity contribution is 7.17. The number of aryl methyl sites for hydroxylation is 1. The Morgan fingerprint density at radius 3 is 2.84 bits per heavy atom. The second-order valence-corrected chi connectivity index (χ2v) is 6.14. The highest BCUT2D eigenvalue weighted by Gasteiger charge is 2.14. The molecule has 2 rings (SSSR count). The quantitative estimate of drug-likeness (QED) is 0.767. The smallest absolute Gasteiger partial charge is 0.186 e. The molecule has 0 aromatic carbocycles. The molecule has 0 amide bonds. The molecule has 0 fully saturated rings. The van der Waals surface area contributed by atoms with E-state index in [4.69, 9.17) is 4.74 Å². The van der Waals surface area contributed by atoms with E-state index < -0.39 is 0 Å². The number of anilines is 1. The van der Waals surface area contributed by atoms with Crippen LogP contribution in [-0.2, 0) is 17.9 Å². The summed E-state index contributed by atoms with van der Waals surface area (Å²) in [5, 5.41) is 3.90. The van der Waals surface area contributed by atoms with Crippen molar-refractivity contribution >= 4 is 34.1 Å². The van der Waals surface area contributed by atoms with E-state index in [1.165, 1.54) is 11.3 Å². The van der Waals surface area contributed by atoms with Gasteiger partial charge in [-0.3, -0.25) is 4.79 Å². The Hall–Kier alpha value is -1.31. The number of ether oxygens (including phenoxy) is 1. The molecule has 0 saturated heterocycles. The average Bonchev–Trinajstić information content (AvgIpc) is 2.96. The Morgan fingerprint density at radius 2 is 2.26 bits per heavy atom. The standard InChI is InChI=1S/C12H15N3O2S2/c1-8-13-9(7-18-8)4-15(2)12-14-10(6-17-3)11(5-16)19-12/h5,7H,4,6H2,1-3H3. The molecule has 2 aromatic heterocycles. The highest BCUT2D eigenvalue weighted by atomic mass is 32.1. The summed E-state index contributed by atoms with van der Waals surface area (Å²) in [6, 6.07) is 0. The van der Waals surface area contributed by atoms with Crippen LogP contribution in [0.5, 0.6) is 0 Å². The number of thiazole rings is 2. The monoisotopic (exact) mass is 297 g/mol. The molecular weight excluding hydrogens is 282 g/mol. The number of carbonyl (C=O) groups is 1. The van der Waals surface area contributed by atoms with Crippen molar-refractivity contribution in [3.05, 3.63) is 26.7 Å². The summed E-state index contributed by atoms with van der Waals surface area (Å²) >= 11 is 3.01. The zero-order valence-corrected chi connectivity index (χ0v) is 12.7. The van der Waals surface area contributed by atoms with Gasteiger partial charge in [0.1, 0.15) is 0 Å². The minimum absolute atomic E-state index is 0.355. The van der Waals surface area contributed by atoms with Crippen molar-refractivity contribution in [3.63, 3.8) is 0 Å². The van der Waals surface area contributed by atoms with Gasteiger partial charge >= 0.3 is 0 Å². The lowest BCUT2D eigenvalue weighted by Gasteiger charge is -2.13. The van der Waals surface area contributed by atoms with Gasteiger partial charge in [0.15, 0.2) is 11.4 Å². The van der Waals surface area contributed by atoms with Crippen LogP contribution < -0.4 is 4.90 Å². The molecule has 0 saturated carbocycles. The number of aromatic nitrogens is 2. The van der Waals surface area contributed by atoms with Crippen molar-refractivity contribution in [2.24, 2.45) is 0 Å². The summed E-state index contributed by atoms with van der Waals surface area (Å²) in [4.78, 5) is 22.5. The molecule has 102 valence electrons. The summed E-state index contributed by atoms with van der Waals surface area (Å²) in [6.45, 7) is 3.02. The lowest BCUT2D eigenvalue weighted by atomic mass is 10.4. The first-order valence-corrected chi connectivity index (χ1v) is 7.39. The van der Waals surface area contributed by atoms with Crippen LogP contribution in [0.1, 0.15) is 26.1 Å². The molecule has 0 unspecified atom stereocenters. The van der Waals surface area contributed by atoms with Gasteiger partial charge < -0.3 is 9.64 Å². The van der Waals surface area contributed by atoms with Crippen LogP contribution in [0.15, 0.2) is 5.38 Å². The van der Waals surface area contributed by atoms with Crippen LogP contribution in [0.2, 0.25) is 0 Å². The molecule has 7 heteroatoms. The Labute approximate surface area is 119 Å². The summed E-state index contributed by atoms with van der Waals surface area (Å²) in [7, 11) is 3.54. The SMILES string of the molecule is COCc1nc(N(C)Cc2csc(C)n2)sc1C=O. The first-order valence-electron chi connectivity index (χ1n) is 5.70. The summed E-state index contributed by atoms with van der Waals surface area (Å²) < 4.78 is 5.04. The Kier molecular flexibility index (Phi) is 4.62. The van der Waals surface area contributed by atoms with Gasteiger partial charge in [0.05, 0.1) is 34.4 Å². The first-order chi connectivity index (χ1) is 9.13. The minimum Gasteiger partial charge on any atom is -0.378 e. The van der Waals surface area contributed by atoms with Crippen LogP contribution in [0.25, 0.3) is 0 Å². The van der Waals surface area contributed by atoms with Gasteiger partial charge in [-0.15, -0.1) is 11.3 Å². The molecule has 0 N–H and O–H groups in total. The topological polar surface area (TPSA) is 55.3 Å². The maximum atomic E-state index is 11.0. The lowest BCUT2D eigenvalue weighted by molar-refractivity contribution is 0.112. The predicted molar refractivity (Wildman–Crippen MR) is 77.2 cm³/mol. The molecule has 0 spiro atoms. The van der Waals surface area contributed by atoms with E-state index in [-0.39, 0.29) is 0 Å². The van der Waals surface area contributed by atoms with E-state index in [9.17, 15) is 4.79 Å². The number of methoxy groups -OCH3 is 1. The number of hydrogen-bond donors (Lipinski definition) is 0. The minimum atomic E-state index is 0.355. The summed E-state index contributed by atoms with van der Waals surface area (Å²) in [6.07, 6.45) is 0.830. The van der Waals surface area contributed by atoms with E-state index >= 15 is 0 Å². The van der Waals surface area contributed by atoms with Gasteiger partial charge in [-0.25, -0.2) is 9.97 Å². The van der Waals surface area contributed by atoms with Gasteiger partial charge in [0.2, 0.25) is 0 Å². The molecule has 5 nitrogen and oxygen atoms in total. The largest absolute Gasteiger partial charge is 0.378 e. The second kappa shape index (κ2) is 6.23. The third kappa shape index (κ3) is 3.37. The molecule has 2 heterocycles. The molecule has 0 radical (unpaired) electrons. The molecule has 0 aliphatic rings. The molecular formula is C12H15N3O2S2. The van der Waals surface area contributed by atoms with Crippen molar-refractivity contribution in [1.82, 2.24) is 9.97 Å². The van der Waals surface area contributed by atoms with Crippen LogP contribution in [0.4, 0.5) is 5.13 Å². The third-order valence-corrected chi connectivity index (χ3v) is 4.46. The van der Waals surface area contributed by atoms with E-state index in [1.807, 2.05) is 24.3 Å². The van der Waals surface area contributed by atoms with Crippen LogP contribution >= 0.6 is 22.7 Å². The Bertz CT molecular complexity index is 565. The zero-order valence-electron chi connectivity index (χ0n) is 11.0.